The Hall–Kier alpha value is -3.29. The molecule has 1 amide bonds. The van der Waals surface area contributed by atoms with Crippen LogP contribution in [0.1, 0.15) is 25.2 Å². The fourth-order valence-electron chi connectivity index (χ4n) is 3.88. The Morgan fingerprint density at radius 1 is 1.07 bits per heavy atom. The highest BCUT2D eigenvalue weighted by atomic mass is 16.5. The highest BCUT2D eigenvalue weighted by Gasteiger charge is 2.34. The van der Waals surface area contributed by atoms with E-state index >= 15 is 0 Å². The van der Waals surface area contributed by atoms with Gasteiger partial charge in [-0.1, -0.05) is 12.1 Å². The Morgan fingerprint density at radius 3 is 2.76 bits per heavy atom. The number of piperidine rings is 1. The summed E-state index contributed by atoms with van der Waals surface area (Å²) in [5.41, 5.74) is 0.910. The van der Waals surface area contributed by atoms with Crippen LogP contribution < -0.4 is 9.64 Å². The molecule has 1 aromatic carbocycles. The molecule has 0 bridgehead atoms. The molecule has 2 aromatic heterocycles. The number of para-hydroxylation sites is 2. The van der Waals surface area contributed by atoms with Crippen molar-refractivity contribution in [2.45, 2.75) is 31.9 Å². The van der Waals surface area contributed by atoms with E-state index in [2.05, 4.69) is 15.1 Å². The van der Waals surface area contributed by atoms with Crippen LogP contribution in [-0.4, -0.2) is 46.7 Å². The second-order valence-corrected chi connectivity index (χ2v) is 7.32. The average molecular weight is 394 g/mol. The van der Waals surface area contributed by atoms with Crippen molar-refractivity contribution in [2.75, 3.05) is 24.5 Å². The van der Waals surface area contributed by atoms with E-state index in [1.165, 1.54) is 6.42 Å². The first kappa shape index (κ1) is 17.8. The number of nitrogens with zero attached hydrogens (tertiary/aromatic N) is 4. The predicted octanol–water partition coefficient (Wildman–Crippen LogP) is 3.11. The van der Waals surface area contributed by atoms with Crippen molar-refractivity contribution in [1.82, 2.24) is 15.1 Å². The highest BCUT2D eigenvalue weighted by molar-refractivity contribution is 5.83. The van der Waals surface area contributed by atoms with Crippen LogP contribution in [-0.2, 0) is 11.3 Å². The van der Waals surface area contributed by atoms with Crippen molar-refractivity contribution >= 4 is 11.6 Å². The lowest BCUT2D eigenvalue weighted by Crippen LogP contribution is -2.51. The number of aromatic nitrogens is 2. The Kier molecular flexibility index (Phi) is 4.67. The SMILES string of the molecule is O=C(C1CN(Cc2nnc(-c3ccco3)o2)c2ccccc2O1)N1CCCCC1. The third-order valence-corrected chi connectivity index (χ3v) is 5.33. The summed E-state index contributed by atoms with van der Waals surface area (Å²) in [5, 5.41) is 8.21. The van der Waals surface area contributed by atoms with Crippen molar-refractivity contribution in [1.29, 1.82) is 0 Å². The number of hydrogen-bond acceptors (Lipinski definition) is 7. The summed E-state index contributed by atoms with van der Waals surface area (Å²) in [7, 11) is 0. The molecule has 2 aliphatic heterocycles. The Balaban J connectivity index is 1.37. The standard InChI is InChI=1S/C21H22N4O4/c26-21(24-10-4-1-5-11-24)18-13-25(15-7-2-3-8-16(15)28-18)14-19-22-23-20(29-19)17-9-6-12-27-17/h2-3,6-9,12,18H,1,4-5,10-11,13-14H2. The minimum Gasteiger partial charge on any atom is -0.477 e. The maximum Gasteiger partial charge on any atom is 0.283 e. The fourth-order valence-corrected chi connectivity index (χ4v) is 3.88. The number of hydrogen-bond donors (Lipinski definition) is 0. The summed E-state index contributed by atoms with van der Waals surface area (Å²) in [5.74, 6) is 2.07. The van der Waals surface area contributed by atoms with Gasteiger partial charge in [0, 0.05) is 13.1 Å². The summed E-state index contributed by atoms with van der Waals surface area (Å²) >= 11 is 0. The van der Waals surface area contributed by atoms with Gasteiger partial charge in [0.25, 0.3) is 11.8 Å². The largest absolute Gasteiger partial charge is 0.477 e. The molecule has 1 unspecified atom stereocenters. The normalized spacial score (nSPS) is 19.0. The van der Waals surface area contributed by atoms with Gasteiger partial charge in [0.05, 0.1) is 25.0 Å². The first-order valence-corrected chi connectivity index (χ1v) is 9.93. The van der Waals surface area contributed by atoms with Gasteiger partial charge in [0.2, 0.25) is 5.89 Å². The third kappa shape index (κ3) is 3.57. The van der Waals surface area contributed by atoms with Gasteiger partial charge in [-0.05, 0) is 43.5 Å². The van der Waals surface area contributed by atoms with Crippen LogP contribution in [0.25, 0.3) is 11.7 Å². The summed E-state index contributed by atoms with van der Waals surface area (Å²) in [6.07, 6.45) is 4.30. The third-order valence-electron chi connectivity index (χ3n) is 5.33. The predicted molar refractivity (Wildman–Crippen MR) is 104 cm³/mol. The quantitative estimate of drug-likeness (QED) is 0.672. The average Bonchev–Trinajstić information content (AvgIpc) is 3.46. The molecule has 29 heavy (non-hydrogen) atoms. The zero-order valence-corrected chi connectivity index (χ0v) is 16.0. The van der Waals surface area contributed by atoms with Gasteiger partial charge in [-0.25, -0.2) is 0 Å². The molecule has 0 aliphatic carbocycles. The fraction of sp³-hybridized carbons (Fsp3) is 0.381. The van der Waals surface area contributed by atoms with E-state index in [9.17, 15) is 4.79 Å². The first-order valence-electron chi connectivity index (χ1n) is 9.93. The summed E-state index contributed by atoms with van der Waals surface area (Å²) in [6.45, 7) is 2.43. The smallest absolute Gasteiger partial charge is 0.283 e. The lowest BCUT2D eigenvalue weighted by Gasteiger charge is -2.37. The number of ether oxygens (including phenoxy) is 1. The van der Waals surface area contributed by atoms with Crippen molar-refractivity contribution in [2.24, 2.45) is 0 Å². The minimum atomic E-state index is -0.546. The second kappa shape index (κ2) is 7.62. The molecule has 0 saturated carbocycles. The molecule has 0 N–H and O–H groups in total. The van der Waals surface area contributed by atoms with Crippen LogP contribution in [0.5, 0.6) is 5.75 Å². The molecule has 1 saturated heterocycles. The van der Waals surface area contributed by atoms with Gasteiger partial charge in [-0.2, -0.15) is 0 Å². The van der Waals surface area contributed by atoms with Crippen LogP contribution in [0.3, 0.4) is 0 Å². The molecule has 4 heterocycles. The summed E-state index contributed by atoms with van der Waals surface area (Å²) in [4.78, 5) is 17.0. The molecule has 0 radical (unpaired) electrons. The number of rotatable bonds is 4. The topological polar surface area (TPSA) is 84.8 Å². The molecule has 0 spiro atoms. The van der Waals surface area contributed by atoms with Gasteiger partial charge in [0.1, 0.15) is 5.75 Å². The number of amides is 1. The molecule has 150 valence electrons. The van der Waals surface area contributed by atoms with Crippen LogP contribution in [0, 0.1) is 0 Å². The number of anilines is 1. The van der Waals surface area contributed by atoms with Crippen molar-refractivity contribution in [3.05, 3.63) is 48.6 Å². The van der Waals surface area contributed by atoms with E-state index in [0.29, 0.717) is 36.4 Å². The van der Waals surface area contributed by atoms with E-state index in [-0.39, 0.29) is 5.91 Å². The zero-order chi connectivity index (χ0) is 19.6. The van der Waals surface area contributed by atoms with E-state index in [1.807, 2.05) is 29.2 Å². The molecule has 8 heteroatoms. The van der Waals surface area contributed by atoms with Gasteiger partial charge in [0.15, 0.2) is 11.9 Å². The number of fused-ring (bicyclic) bond motifs is 1. The molecule has 1 fully saturated rings. The number of likely N-dealkylation sites (tertiary alicyclic amines) is 1. The number of furan rings is 1. The summed E-state index contributed by atoms with van der Waals surface area (Å²) in [6, 6.07) is 11.3. The molecule has 8 nitrogen and oxygen atoms in total. The van der Waals surface area contributed by atoms with Gasteiger partial charge in [-0.15, -0.1) is 10.2 Å². The van der Waals surface area contributed by atoms with Crippen LogP contribution in [0.4, 0.5) is 5.69 Å². The molecule has 2 aliphatic rings. The molecular formula is C21H22N4O4. The molecule has 5 rings (SSSR count). The van der Waals surface area contributed by atoms with E-state index in [0.717, 1.165) is 31.6 Å². The number of carbonyl (C=O) groups excluding carboxylic acids is 1. The summed E-state index contributed by atoms with van der Waals surface area (Å²) < 4.78 is 17.1. The second-order valence-electron chi connectivity index (χ2n) is 7.32. The molecule has 1 atom stereocenters. The Morgan fingerprint density at radius 2 is 1.93 bits per heavy atom. The van der Waals surface area contributed by atoms with Gasteiger partial charge in [-0.3, -0.25) is 4.79 Å². The lowest BCUT2D eigenvalue weighted by atomic mass is 10.1. The van der Waals surface area contributed by atoms with Gasteiger partial charge >= 0.3 is 0 Å². The maximum absolute atomic E-state index is 13.0. The van der Waals surface area contributed by atoms with Crippen molar-refractivity contribution in [3.63, 3.8) is 0 Å². The van der Waals surface area contributed by atoms with Crippen LogP contribution in [0.2, 0.25) is 0 Å². The van der Waals surface area contributed by atoms with Crippen LogP contribution >= 0.6 is 0 Å². The lowest BCUT2D eigenvalue weighted by molar-refractivity contribution is -0.139. The number of carbonyl (C=O) groups is 1. The minimum absolute atomic E-state index is 0.0472. The Bertz CT molecular complexity index is 978. The Labute approximate surface area is 168 Å². The molecule has 3 aromatic rings. The molecular weight excluding hydrogens is 372 g/mol. The van der Waals surface area contributed by atoms with E-state index in [1.54, 1.807) is 18.4 Å². The van der Waals surface area contributed by atoms with E-state index in [4.69, 9.17) is 13.6 Å². The highest BCUT2D eigenvalue weighted by Crippen LogP contribution is 2.34. The monoisotopic (exact) mass is 394 g/mol. The van der Waals surface area contributed by atoms with Crippen molar-refractivity contribution in [3.8, 4) is 17.4 Å². The maximum atomic E-state index is 13.0. The first-order chi connectivity index (χ1) is 14.3. The van der Waals surface area contributed by atoms with Crippen LogP contribution in [0.15, 0.2) is 51.5 Å². The van der Waals surface area contributed by atoms with E-state index < -0.39 is 6.10 Å². The van der Waals surface area contributed by atoms with Crippen molar-refractivity contribution < 1.29 is 18.4 Å². The number of benzene rings is 1. The van der Waals surface area contributed by atoms with Gasteiger partial charge < -0.3 is 23.4 Å². The zero-order valence-electron chi connectivity index (χ0n) is 16.0.